The molecular weight excluding hydrogens is 440 g/mol. The van der Waals surface area contributed by atoms with Crippen LogP contribution in [-0.2, 0) is 4.79 Å². The van der Waals surface area contributed by atoms with E-state index < -0.39 is 0 Å². The van der Waals surface area contributed by atoms with Crippen LogP contribution in [0.2, 0.25) is 0 Å². The molecule has 7 heteroatoms. The Kier molecular flexibility index (Phi) is 6.32. The molecule has 2 aliphatic heterocycles. The van der Waals surface area contributed by atoms with Crippen molar-refractivity contribution in [3.63, 3.8) is 0 Å². The Labute approximate surface area is 206 Å². The first-order valence-corrected chi connectivity index (χ1v) is 12.3. The van der Waals surface area contributed by atoms with Crippen molar-refractivity contribution >= 4 is 11.8 Å². The Bertz CT molecular complexity index is 1210. The van der Waals surface area contributed by atoms with Gasteiger partial charge in [0.05, 0.1) is 23.1 Å². The molecule has 0 atom stereocenters. The molecule has 2 amide bonds. The monoisotopic (exact) mass is 472 g/mol. The van der Waals surface area contributed by atoms with Crippen molar-refractivity contribution in [3.8, 4) is 11.4 Å². The third-order valence-electron chi connectivity index (χ3n) is 7.59. The summed E-state index contributed by atoms with van der Waals surface area (Å²) in [5.74, 6) is 0.829. The number of rotatable bonds is 5. The molecule has 0 unspecified atom stereocenters. The number of piperidine rings is 1. The van der Waals surface area contributed by atoms with E-state index in [0.29, 0.717) is 18.7 Å². The summed E-state index contributed by atoms with van der Waals surface area (Å²) in [7, 11) is 0. The number of amides is 2. The normalized spacial score (nSPS) is 17.1. The van der Waals surface area contributed by atoms with Gasteiger partial charge in [-0.15, -0.1) is 0 Å². The third kappa shape index (κ3) is 4.67. The van der Waals surface area contributed by atoms with Crippen LogP contribution >= 0.6 is 0 Å². The maximum atomic E-state index is 13.3. The first-order chi connectivity index (χ1) is 17.0. The van der Waals surface area contributed by atoms with Crippen molar-refractivity contribution in [2.75, 3.05) is 32.8 Å². The summed E-state index contributed by atoms with van der Waals surface area (Å²) in [5.41, 5.74) is 3.58. The Hall–Kier alpha value is -3.61. The van der Waals surface area contributed by atoms with Gasteiger partial charge in [0, 0.05) is 26.2 Å². The number of benzene rings is 2. The van der Waals surface area contributed by atoms with Crippen LogP contribution in [0.1, 0.15) is 40.9 Å². The average Bonchev–Trinajstić information content (AvgIpc) is 3.48. The highest BCUT2D eigenvalue weighted by Gasteiger charge is 2.43. The zero-order valence-corrected chi connectivity index (χ0v) is 20.4. The van der Waals surface area contributed by atoms with E-state index in [2.05, 4.69) is 5.10 Å². The number of ether oxygens (including phenoxy) is 1. The molecule has 3 heterocycles. The van der Waals surface area contributed by atoms with Crippen LogP contribution in [0.25, 0.3) is 5.69 Å². The van der Waals surface area contributed by atoms with Crippen LogP contribution < -0.4 is 4.74 Å². The van der Waals surface area contributed by atoms with Crippen LogP contribution in [0.5, 0.6) is 5.75 Å². The van der Waals surface area contributed by atoms with Gasteiger partial charge in [-0.05, 0) is 62.3 Å². The minimum atomic E-state index is 0.0259. The third-order valence-corrected chi connectivity index (χ3v) is 7.59. The van der Waals surface area contributed by atoms with Gasteiger partial charge in [-0.2, -0.15) is 5.10 Å². The molecular formula is C28H32N4O3. The topological polar surface area (TPSA) is 67.7 Å². The van der Waals surface area contributed by atoms with Crippen LogP contribution in [0.15, 0.2) is 60.8 Å². The fourth-order valence-corrected chi connectivity index (χ4v) is 5.32. The second kappa shape index (κ2) is 9.56. The van der Waals surface area contributed by atoms with Gasteiger partial charge in [0.15, 0.2) is 6.61 Å². The van der Waals surface area contributed by atoms with Gasteiger partial charge in [-0.25, -0.2) is 4.68 Å². The van der Waals surface area contributed by atoms with Crippen LogP contribution in [0, 0.1) is 19.3 Å². The zero-order valence-electron chi connectivity index (χ0n) is 20.4. The zero-order chi connectivity index (χ0) is 24.4. The Morgan fingerprint density at radius 3 is 2.29 bits per heavy atom. The first-order valence-electron chi connectivity index (χ1n) is 12.3. The summed E-state index contributed by atoms with van der Waals surface area (Å²) in [6.07, 6.45) is 4.49. The summed E-state index contributed by atoms with van der Waals surface area (Å²) in [6, 6.07) is 17.6. The van der Waals surface area contributed by atoms with Crippen molar-refractivity contribution < 1.29 is 14.3 Å². The molecule has 2 aromatic carbocycles. The second-order valence-corrected chi connectivity index (χ2v) is 9.80. The van der Waals surface area contributed by atoms with Gasteiger partial charge < -0.3 is 14.5 Å². The summed E-state index contributed by atoms with van der Waals surface area (Å²) >= 11 is 0. The van der Waals surface area contributed by atoms with Crippen molar-refractivity contribution in [3.05, 3.63) is 77.6 Å². The number of carbonyl (C=O) groups excluding carboxylic acids is 2. The lowest BCUT2D eigenvalue weighted by atomic mass is 9.78. The van der Waals surface area contributed by atoms with E-state index in [1.54, 1.807) is 6.20 Å². The number of aromatic nitrogens is 2. The van der Waals surface area contributed by atoms with Gasteiger partial charge in [0.2, 0.25) is 0 Å². The molecule has 35 heavy (non-hydrogen) atoms. The molecule has 7 nitrogen and oxygen atoms in total. The molecule has 3 aromatic rings. The highest BCUT2D eigenvalue weighted by atomic mass is 16.5. The van der Waals surface area contributed by atoms with Crippen LogP contribution in [-0.4, -0.2) is 64.2 Å². The molecule has 5 rings (SSSR count). The van der Waals surface area contributed by atoms with Crippen molar-refractivity contribution in [1.29, 1.82) is 0 Å². The van der Waals surface area contributed by atoms with Gasteiger partial charge in [0.25, 0.3) is 11.8 Å². The van der Waals surface area contributed by atoms with Gasteiger partial charge in [0.1, 0.15) is 5.75 Å². The smallest absolute Gasteiger partial charge is 0.260 e. The summed E-state index contributed by atoms with van der Waals surface area (Å²) in [6.45, 7) is 6.90. The number of nitrogens with zero attached hydrogens (tertiary/aromatic N) is 4. The first kappa shape index (κ1) is 23.1. The largest absolute Gasteiger partial charge is 0.484 e. The fourth-order valence-electron chi connectivity index (χ4n) is 5.32. The lowest BCUT2D eigenvalue weighted by Gasteiger charge is -2.39. The number of aryl methyl sites for hydroxylation is 1. The maximum absolute atomic E-state index is 13.3. The van der Waals surface area contributed by atoms with Crippen molar-refractivity contribution in [2.45, 2.75) is 33.1 Å². The van der Waals surface area contributed by atoms with E-state index in [0.717, 1.165) is 55.0 Å². The summed E-state index contributed by atoms with van der Waals surface area (Å²) in [5, 5.41) is 4.47. The molecule has 2 saturated heterocycles. The van der Waals surface area contributed by atoms with Crippen molar-refractivity contribution in [2.24, 2.45) is 5.41 Å². The quantitative estimate of drug-likeness (QED) is 0.563. The highest BCUT2D eigenvalue weighted by Crippen LogP contribution is 2.41. The average molecular weight is 473 g/mol. The number of carbonyl (C=O) groups is 2. The molecule has 0 bridgehead atoms. The van der Waals surface area contributed by atoms with Crippen LogP contribution in [0.4, 0.5) is 0 Å². The summed E-state index contributed by atoms with van der Waals surface area (Å²) < 4.78 is 7.58. The molecule has 182 valence electrons. The molecule has 2 aliphatic rings. The molecule has 0 N–H and O–H groups in total. The number of likely N-dealkylation sites (tertiary alicyclic amines) is 2. The van der Waals surface area contributed by atoms with Gasteiger partial charge >= 0.3 is 0 Å². The Balaban J connectivity index is 1.17. The number of para-hydroxylation sites is 2. The standard InChI is InChI=1S/C28H32N4O3/c1-21-8-6-7-11-25(21)35-19-26(33)30-15-12-28(13-16-30)14-17-31(20-28)27(34)24-18-29-32(22(24)2)23-9-4-3-5-10-23/h3-11,18H,12-17,19-20H2,1-2H3. The van der Waals surface area contributed by atoms with E-state index in [4.69, 9.17) is 4.74 Å². The predicted octanol–water partition coefficient (Wildman–Crippen LogP) is 4.02. The predicted molar refractivity (Wildman–Crippen MR) is 134 cm³/mol. The lowest BCUT2D eigenvalue weighted by molar-refractivity contribution is -0.135. The van der Waals surface area contributed by atoms with Crippen LogP contribution in [0.3, 0.4) is 0 Å². The number of hydrogen-bond donors (Lipinski definition) is 0. The van der Waals surface area contributed by atoms with Gasteiger partial charge in [-0.3, -0.25) is 9.59 Å². The lowest BCUT2D eigenvalue weighted by Crippen LogP contribution is -2.46. The minimum Gasteiger partial charge on any atom is -0.484 e. The minimum absolute atomic E-state index is 0.0259. The highest BCUT2D eigenvalue weighted by molar-refractivity contribution is 5.95. The molecule has 0 saturated carbocycles. The molecule has 1 aromatic heterocycles. The number of hydrogen-bond acceptors (Lipinski definition) is 4. The van der Waals surface area contributed by atoms with E-state index in [9.17, 15) is 9.59 Å². The SMILES string of the molecule is Cc1ccccc1OCC(=O)N1CCC2(CC1)CCN(C(=O)c1cnn(-c3ccccc3)c1C)C2. The van der Waals surface area contributed by atoms with Crippen molar-refractivity contribution in [1.82, 2.24) is 19.6 Å². The Morgan fingerprint density at radius 1 is 0.914 bits per heavy atom. The van der Waals surface area contributed by atoms with E-state index in [1.165, 1.54) is 0 Å². The Morgan fingerprint density at radius 2 is 1.57 bits per heavy atom. The fraction of sp³-hybridized carbons (Fsp3) is 0.393. The molecule has 0 radical (unpaired) electrons. The van der Waals surface area contributed by atoms with E-state index in [1.807, 2.05) is 82.9 Å². The van der Waals surface area contributed by atoms with E-state index in [-0.39, 0.29) is 23.8 Å². The van der Waals surface area contributed by atoms with Gasteiger partial charge in [-0.1, -0.05) is 36.4 Å². The maximum Gasteiger partial charge on any atom is 0.260 e. The molecule has 2 fully saturated rings. The van der Waals surface area contributed by atoms with E-state index >= 15 is 0 Å². The summed E-state index contributed by atoms with van der Waals surface area (Å²) in [4.78, 5) is 30.0. The second-order valence-electron chi connectivity index (χ2n) is 9.80. The molecule has 1 spiro atoms. The molecule has 0 aliphatic carbocycles.